The van der Waals surface area contributed by atoms with Gasteiger partial charge < -0.3 is 9.84 Å². The molecule has 0 atom stereocenters. The van der Waals surface area contributed by atoms with Gasteiger partial charge in [-0.1, -0.05) is 42.7 Å². The fourth-order valence-corrected chi connectivity index (χ4v) is 3.08. The fourth-order valence-electron chi connectivity index (χ4n) is 2.89. The largest absolute Gasteiger partial charge is 0.355 e. The molecule has 5 nitrogen and oxygen atoms in total. The summed E-state index contributed by atoms with van der Waals surface area (Å²) in [5.74, 6) is 0.518. The zero-order chi connectivity index (χ0) is 20.9. The lowest BCUT2D eigenvalue weighted by Crippen LogP contribution is -2.36. The highest BCUT2D eigenvalue weighted by atomic mass is 35.5. The third-order valence-corrected chi connectivity index (χ3v) is 4.93. The third kappa shape index (κ3) is 5.87. The SMILES string of the molecule is CC(C)(CNC(=O)CCCc1nc(-c2ccc(F)cc2)no1)c1cccc(Cl)c1. The average Bonchev–Trinajstić information content (AvgIpc) is 3.16. The van der Waals surface area contributed by atoms with E-state index in [1.165, 1.54) is 12.1 Å². The minimum Gasteiger partial charge on any atom is -0.355 e. The van der Waals surface area contributed by atoms with Crippen molar-refractivity contribution in [2.24, 2.45) is 0 Å². The van der Waals surface area contributed by atoms with Crippen LogP contribution < -0.4 is 5.32 Å². The average molecular weight is 416 g/mol. The maximum Gasteiger partial charge on any atom is 0.226 e. The maximum absolute atomic E-state index is 13.0. The van der Waals surface area contributed by atoms with E-state index in [0.717, 1.165) is 5.56 Å². The summed E-state index contributed by atoms with van der Waals surface area (Å²) in [6.45, 7) is 4.64. The van der Waals surface area contributed by atoms with Gasteiger partial charge in [0.1, 0.15) is 5.82 Å². The van der Waals surface area contributed by atoms with Crippen molar-refractivity contribution in [2.75, 3.05) is 6.54 Å². The van der Waals surface area contributed by atoms with Crippen LogP contribution >= 0.6 is 11.6 Å². The molecule has 0 unspecified atom stereocenters. The van der Waals surface area contributed by atoms with E-state index >= 15 is 0 Å². The number of hydrogen-bond donors (Lipinski definition) is 1. The summed E-state index contributed by atoms with van der Waals surface area (Å²) in [7, 11) is 0. The Kier molecular flexibility index (Phi) is 6.64. The molecule has 3 aromatic rings. The second kappa shape index (κ2) is 9.18. The molecular formula is C22H23ClFN3O2. The zero-order valence-electron chi connectivity index (χ0n) is 16.4. The van der Waals surface area contributed by atoms with Crippen LogP contribution in [0.25, 0.3) is 11.4 Å². The van der Waals surface area contributed by atoms with Gasteiger partial charge in [-0.05, 0) is 48.4 Å². The van der Waals surface area contributed by atoms with E-state index in [9.17, 15) is 9.18 Å². The number of aromatic nitrogens is 2. The normalized spacial score (nSPS) is 11.4. The number of hydrogen-bond acceptors (Lipinski definition) is 4. The van der Waals surface area contributed by atoms with Crippen LogP contribution in [0.5, 0.6) is 0 Å². The van der Waals surface area contributed by atoms with Crippen LogP contribution in [-0.4, -0.2) is 22.6 Å². The van der Waals surface area contributed by atoms with Crippen molar-refractivity contribution in [1.82, 2.24) is 15.5 Å². The molecule has 0 saturated carbocycles. The molecule has 0 bridgehead atoms. The molecule has 152 valence electrons. The summed E-state index contributed by atoms with van der Waals surface area (Å²) in [6, 6.07) is 13.6. The predicted molar refractivity (Wildman–Crippen MR) is 110 cm³/mol. The number of benzene rings is 2. The topological polar surface area (TPSA) is 68.0 Å². The predicted octanol–water partition coefficient (Wildman–Crippen LogP) is 4.95. The summed E-state index contributed by atoms with van der Waals surface area (Å²) in [4.78, 5) is 16.5. The molecule has 0 aliphatic heterocycles. The first-order valence-electron chi connectivity index (χ1n) is 9.45. The first kappa shape index (κ1) is 21.0. The Bertz CT molecular complexity index is 970. The van der Waals surface area contributed by atoms with Gasteiger partial charge in [0, 0.05) is 35.4 Å². The highest BCUT2D eigenvalue weighted by molar-refractivity contribution is 6.30. The van der Waals surface area contributed by atoms with Gasteiger partial charge in [-0.2, -0.15) is 4.98 Å². The molecule has 2 aromatic carbocycles. The lowest BCUT2D eigenvalue weighted by molar-refractivity contribution is -0.121. The zero-order valence-corrected chi connectivity index (χ0v) is 17.2. The van der Waals surface area contributed by atoms with Crippen molar-refractivity contribution in [3.63, 3.8) is 0 Å². The van der Waals surface area contributed by atoms with Gasteiger partial charge in [0.05, 0.1) is 0 Å². The molecule has 1 N–H and O–H groups in total. The monoisotopic (exact) mass is 415 g/mol. The first-order valence-corrected chi connectivity index (χ1v) is 9.82. The third-order valence-electron chi connectivity index (χ3n) is 4.70. The lowest BCUT2D eigenvalue weighted by Gasteiger charge is -2.26. The summed E-state index contributed by atoms with van der Waals surface area (Å²) < 4.78 is 18.2. The highest BCUT2D eigenvalue weighted by Gasteiger charge is 2.21. The Balaban J connectivity index is 1.45. The first-order chi connectivity index (χ1) is 13.8. The Morgan fingerprint density at radius 2 is 1.97 bits per heavy atom. The molecule has 0 saturated heterocycles. The molecule has 29 heavy (non-hydrogen) atoms. The second-order valence-corrected chi connectivity index (χ2v) is 7.98. The van der Waals surface area contributed by atoms with E-state index in [4.69, 9.17) is 16.1 Å². The lowest BCUT2D eigenvalue weighted by atomic mass is 9.84. The van der Waals surface area contributed by atoms with Crippen LogP contribution in [0.4, 0.5) is 4.39 Å². The second-order valence-electron chi connectivity index (χ2n) is 7.54. The maximum atomic E-state index is 13.0. The summed E-state index contributed by atoms with van der Waals surface area (Å²) in [5.41, 5.74) is 1.53. The van der Waals surface area contributed by atoms with Gasteiger partial charge in [0.25, 0.3) is 0 Å². The number of nitrogens with zero attached hydrogens (tertiary/aromatic N) is 2. The van der Waals surface area contributed by atoms with Crippen LogP contribution in [0, 0.1) is 5.82 Å². The Morgan fingerprint density at radius 3 is 2.69 bits per heavy atom. The number of rotatable bonds is 8. The number of aryl methyl sites for hydroxylation is 1. The molecule has 1 aromatic heterocycles. The van der Waals surface area contributed by atoms with Crippen molar-refractivity contribution >= 4 is 17.5 Å². The molecule has 7 heteroatoms. The summed E-state index contributed by atoms with van der Waals surface area (Å²) in [6.07, 6.45) is 1.45. The molecule has 1 heterocycles. The van der Waals surface area contributed by atoms with Crippen LogP contribution in [-0.2, 0) is 16.6 Å². The molecule has 1 amide bonds. The van der Waals surface area contributed by atoms with E-state index in [0.29, 0.717) is 48.1 Å². The molecule has 3 rings (SSSR count). The number of carbonyl (C=O) groups excluding carboxylic acids is 1. The number of halogens is 2. The Labute approximate surface area is 174 Å². The van der Waals surface area contributed by atoms with Crippen molar-refractivity contribution in [1.29, 1.82) is 0 Å². The van der Waals surface area contributed by atoms with E-state index in [2.05, 4.69) is 29.3 Å². The molecule has 0 aliphatic rings. The minimum absolute atomic E-state index is 0.0293. The Morgan fingerprint density at radius 1 is 1.21 bits per heavy atom. The summed E-state index contributed by atoms with van der Waals surface area (Å²) in [5, 5.41) is 7.56. The quantitative estimate of drug-likeness (QED) is 0.565. The van der Waals surface area contributed by atoms with Gasteiger partial charge in [0.2, 0.25) is 17.6 Å². The van der Waals surface area contributed by atoms with E-state index in [1.807, 2.05) is 24.3 Å². The Hall–Kier alpha value is -2.73. The van der Waals surface area contributed by atoms with E-state index < -0.39 is 0 Å². The molecule has 0 spiro atoms. The van der Waals surface area contributed by atoms with E-state index in [-0.39, 0.29) is 17.1 Å². The standard InChI is InChI=1S/C22H23ClFN3O2/c1-22(2,16-5-3-6-17(23)13-16)14-25-19(28)7-4-8-20-26-21(27-29-20)15-9-11-18(24)12-10-15/h3,5-6,9-13H,4,7-8,14H2,1-2H3,(H,25,28). The van der Waals surface area contributed by atoms with Crippen LogP contribution in [0.3, 0.4) is 0 Å². The fraction of sp³-hybridized carbons (Fsp3) is 0.318. The number of nitrogens with one attached hydrogen (secondary N) is 1. The van der Waals surface area contributed by atoms with Crippen LogP contribution in [0.15, 0.2) is 53.1 Å². The molecule has 0 radical (unpaired) electrons. The van der Waals surface area contributed by atoms with Crippen molar-refractivity contribution < 1.29 is 13.7 Å². The molecule has 0 aliphatic carbocycles. The summed E-state index contributed by atoms with van der Waals surface area (Å²) >= 11 is 6.06. The molecular weight excluding hydrogens is 393 g/mol. The number of amides is 1. The van der Waals surface area contributed by atoms with Gasteiger partial charge in [-0.3, -0.25) is 4.79 Å². The van der Waals surface area contributed by atoms with Gasteiger partial charge in [-0.25, -0.2) is 4.39 Å². The minimum atomic E-state index is -0.318. The van der Waals surface area contributed by atoms with Gasteiger partial charge in [0.15, 0.2) is 0 Å². The van der Waals surface area contributed by atoms with Crippen molar-refractivity contribution in [2.45, 2.75) is 38.5 Å². The van der Waals surface area contributed by atoms with Crippen molar-refractivity contribution in [3.8, 4) is 11.4 Å². The van der Waals surface area contributed by atoms with Crippen LogP contribution in [0.2, 0.25) is 5.02 Å². The van der Waals surface area contributed by atoms with E-state index in [1.54, 1.807) is 12.1 Å². The smallest absolute Gasteiger partial charge is 0.226 e. The van der Waals surface area contributed by atoms with Gasteiger partial charge in [-0.15, -0.1) is 0 Å². The van der Waals surface area contributed by atoms with Gasteiger partial charge >= 0.3 is 0 Å². The van der Waals surface area contributed by atoms with Crippen molar-refractivity contribution in [3.05, 3.63) is 70.8 Å². The molecule has 0 fully saturated rings. The highest BCUT2D eigenvalue weighted by Crippen LogP contribution is 2.25. The van der Waals surface area contributed by atoms with Crippen LogP contribution in [0.1, 0.15) is 38.1 Å². The number of carbonyl (C=O) groups is 1.